The Balaban J connectivity index is 2.29. The van der Waals surface area contributed by atoms with Gasteiger partial charge in [0.15, 0.2) is 5.78 Å². The minimum Gasteiger partial charge on any atom is -0.466 e. The molecule has 1 atom stereocenters. The zero-order chi connectivity index (χ0) is 12.4. The molecule has 90 valence electrons. The van der Waals surface area contributed by atoms with Crippen molar-refractivity contribution in [2.75, 3.05) is 6.61 Å². The smallest absolute Gasteiger partial charge is 0.309 e. The number of Topliss-reactive ketones (excluding diaryl/α,β-unsaturated/α-hetero) is 1. The lowest BCUT2D eigenvalue weighted by molar-refractivity contribution is -0.148. The minimum absolute atomic E-state index is 0.0491. The van der Waals surface area contributed by atoms with Crippen LogP contribution in [0.3, 0.4) is 0 Å². The molecule has 0 bridgehead atoms. The lowest BCUT2D eigenvalue weighted by Gasteiger charge is -2.23. The van der Waals surface area contributed by atoms with Gasteiger partial charge in [-0.2, -0.15) is 0 Å². The van der Waals surface area contributed by atoms with E-state index >= 15 is 0 Å². The molecule has 0 radical (unpaired) electrons. The van der Waals surface area contributed by atoms with E-state index in [2.05, 4.69) is 0 Å². The van der Waals surface area contributed by atoms with Gasteiger partial charge in [-0.3, -0.25) is 9.59 Å². The van der Waals surface area contributed by atoms with Crippen LogP contribution in [0.1, 0.15) is 34.8 Å². The standard InChI is InChI=1S/C14H16O3/c1-3-17-14(16)10-7-12-9(2)5-4-6-11(12)13(15)8-10/h4-6,10H,3,7-8H2,1-2H3/t10-/m1/s1. The molecule has 0 unspecified atom stereocenters. The highest BCUT2D eigenvalue weighted by Crippen LogP contribution is 2.28. The van der Waals surface area contributed by atoms with Gasteiger partial charge >= 0.3 is 5.97 Å². The van der Waals surface area contributed by atoms with Gasteiger partial charge in [-0.25, -0.2) is 0 Å². The first kappa shape index (κ1) is 11.8. The number of esters is 1. The third-order valence-corrected chi connectivity index (χ3v) is 3.21. The average molecular weight is 232 g/mol. The summed E-state index contributed by atoms with van der Waals surface area (Å²) in [6.07, 6.45) is 0.891. The molecule has 0 saturated carbocycles. The van der Waals surface area contributed by atoms with Gasteiger partial charge in [0.2, 0.25) is 0 Å². The molecule has 0 fully saturated rings. The van der Waals surface area contributed by atoms with Gasteiger partial charge in [0, 0.05) is 12.0 Å². The van der Waals surface area contributed by atoms with Crippen molar-refractivity contribution in [2.24, 2.45) is 5.92 Å². The van der Waals surface area contributed by atoms with Crippen LogP contribution in [0.4, 0.5) is 0 Å². The maximum Gasteiger partial charge on any atom is 0.309 e. The van der Waals surface area contributed by atoms with Crippen LogP contribution in [-0.4, -0.2) is 18.4 Å². The molecule has 0 amide bonds. The predicted molar refractivity (Wildman–Crippen MR) is 64.0 cm³/mol. The maximum absolute atomic E-state index is 11.9. The largest absolute Gasteiger partial charge is 0.466 e. The molecule has 1 aliphatic rings. The summed E-state index contributed by atoms with van der Waals surface area (Å²) in [6.45, 7) is 4.12. The summed E-state index contributed by atoms with van der Waals surface area (Å²) in [5.74, 6) is -0.515. The van der Waals surface area contributed by atoms with Crippen molar-refractivity contribution in [1.29, 1.82) is 0 Å². The Hall–Kier alpha value is -1.64. The molecule has 1 aromatic carbocycles. The number of ketones is 1. The lowest BCUT2D eigenvalue weighted by atomic mass is 9.81. The van der Waals surface area contributed by atoms with Crippen molar-refractivity contribution < 1.29 is 14.3 Å². The molecule has 3 heteroatoms. The summed E-state index contributed by atoms with van der Waals surface area (Å²) in [5, 5.41) is 0. The fraction of sp³-hybridized carbons (Fsp3) is 0.429. The first-order valence-electron chi connectivity index (χ1n) is 5.91. The van der Waals surface area contributed by atoms with E-state index in [1.54, 1.807) is 6.92 Å². The van der Waals surface area contributed by atoms with Crippen LogP contribution in [-0.2, 0) is 16.0 Å². The van der Waals surface area contributed by atoms with Crippen molar-refractivity contribution in [2.45, 2.75) is 26.7 Å². The van der Waals surface area contributed by atoms with E-state index in [0.717, 1.165) is 16.7 Å². The molecule has 0 spiro atoms. The fourth-order valence-corrected chi connectivity index (χ4v) is 2.31. The van der Waals surface area contributed by atoms with Crippen LogP contribution in [0.2, 0.25) is 0 Å². The van der Waals surface area contributed by atoms with Crippen LogP contribution in [0.5, 0.6) is 0 Å². The Labute approximate surface area is 101 Å². The average Bonchev–Trinajstić information content (AvgIpc) is 2.30. The second kappa shape index (κ2) is 4.70. The Morgan fingerprint density at radius 3 is 2.88 bits per heavy atom. The molecular weight excluding hydrogens is 216 g/mol. The number of hydrogen-bond donors (Lipinski definition) is 0. The molecule has 17 heavy (non-hydrogen) atoms. The Morgan fingerprint density at radius 1 is 1.41 bits per heavy atom. The number of carbonyl (C=O) groups excluding carboxylic acids is 2. The van der Waals surface area contributed by atoms with Gasteiger partial charge in [-0.1, -0.05) is 18.2 Å². The molecule has 0 heterocycles. The molecule has 0 aliphatic heterocycles. The first-order chi connectivity index (χ1) is 8.13. The quantitative estimate of drug-likeness (QED) is 0.735. The molecule has 0 saturated heterocycles. The number of fused-ring (bicyclic) bond motifs is 1. The van der Waals surface area contributed by atoms with Gasteiger partial charge in [0.25, 0.3) is 0 Å². The summed E-state index contributed by atoms with van der Waals surface area (Å²) >= 11 is 0. The van der Waals surface area contributed by atoms with Crippen LogP contribution in [0.25, 0.3) is 0 Å². The fourth-order valence-electron chi connectivity index (χ4n) is 2.31. The number of aryl methyl sites for hydroxylation is 1. The maximum atomic E-state index is 11.9. The highest BCUT2D eigenvalue weighted by molar-refractivity contribution is 6.01. The zero-order valence-electron chi connectivity index (χ0n) is 10.2. The van der Waals surface area contributed by atoms with E-state index in [9.17, 15) is 9.59 Å². The van der Waals surface area contributed by atoms with E-state index < -0.39 is 0 Å². The van der Waals surface area contributed by atoms with E-state index in [1.165, 1.54) is 0 Å². The Bertz CT molecular complexity index is 463. The molecule has 1 aliphatic carbocycles. The molecule has 2 rings (SSSR count). The van der Waals surface area contributed by atoms with Crippen molar-refractivity contribution in [3.8, 4) is 0 Å². The zero-order valence-corrected chi connectivity index (χ0v) is 10.2. The summed E-state index contributed by atoms with van der Waals surface area (Å²) in [7, 11) is 0. The van der Waals surface area contributed by atoms with Gasteiger partial charge < -0.3 is 4.74 Å². The number of benzene rings is 1. The third kappa shape index (κ3) is 2.23. The van der Waals surface area contributed by atoms with E-state index in [1.807, 2.05) is 25.1 Å². The molecule has 0 aromatic heterocycles. The van der Waals surface area contributed by atoms with Crippen molar-refractivity contribution in [3.05, 3.63) is 34.9 Å². The van der Waals surface area contributed by atoms with Gasteiger partial charge in [0.1, 0.15) is 0 Å². The molecule has 3 nitrogen and oxygen atoms in total. The number of ether oxygens (including phenoxy) is 1. The second-order valence-electron chi connectivity index (χ2n) is 4.38. The highest BCUT2D eigenvalue weighted by Gasteiger charge is 2.31. The van der Waals surface area contributed by atoms with Crippen LogP contribution >= 0.6 is 0 Å². The van der Waals surface area contributed by atoms with E-state index in [4.69, 9.17) is 4.74 Å². The highest BCUT2D eigenvalue weighted by atomic mass is 16.5. The normalized spacial score (nSPS) is 18.7. The minimum atomic E-state index is -0.309. The monoisotopic (exact) mass is 232 g/mol. The van der Waals surface area contributed by atoms with Gasteiger partial charge in [-0.15, -0.1) is 0 Å². The van der Waals surface area contributed by atoms with Crippen molar-refractivity contribution >= 4 is 11.8 Å². The summed E-state index contributed by atoms with van der Waals surface area (Å²) in [5.41, 5.74) is 2.84. The molecule has 0 N–H and O–H groups in total. The van der Waals surface area contributed by atoms with Crippen molar-refractivity contribution in [1.82, 2.24) is 0 Å². The number of rotatable bonds is 2. The SMILES string of the molecule is CCOC(=O)[C@H]1CC(=O)c2cccc(C)c2C1. The van der Waals surface area contributed by atoms with Crippen LogP contribution < -0.4 is 0 Å². The number of hydrogen-bond acceptors (Lipinski definition) is 3. The summed E-state index contributed by atoms with van der Waals surface area (Å²) < 4.78 is 4.99. The third-order valence-electron chi connectivity index (χ3n) is 3.21. The molecular formula is C14H16O3. The van der Waals surface area contributed by atoms with Crippen molar-refractivity contribution in [3.63, 3.8) is 0 Å². The summed E-state index contributed by atoms with van der Waals surface area (Å²) in [4.78, 5) is 23.6. The first-order valence-corrected chi connectivity index (χ1v) is 5.91. The van der Waals surface area contributed by atoms with Gasteiger partial charge in [0.05, 0.1) is 12.5 Å². The topological polar surface area (TPSA) is 43.4 Å². The lowest BCUT2D eigenvalue weighted by Crippen LogP contribution is -2.28. The van der Waals surface area contributed by atoms with E-state index in [-0.39, 0.29) is 24.1 Å². The van der Waals surface area contributed by atoms with E-state index in [0.29, 0.717) is 13.0 Å². The van der Waals surface area contributed by atoms with Gasteiger partial charge in [-0.05, 0) is 31.4 Å². The Morgan fingerprint density at radius 2 is 2.18 bits per heavy atom. The predicted octanol–water partition coefficient (Wildman–Crippen LogP) is 2.30. The van der Waals surface area contributed by atoms with Crippen LogP contribution in [0, 0.1) is 12.8 Å². The molecule has 1 aromatic rings. The van der Waals surface area contributed by atoms with Crippen LogP contribution in [0.15, 0.2) is 18.2 Å². The second-order valence-corrected chi connectivity index (χ2v) is 4.38. The number of carbonyl (C=O) groups is 2. The Kier molecular flexibility index (Phi) is 3.27. The summed E-state index contributed by atoms with van der Waals surface area (Å²) in [6, 6.07) is 5.70.